The fourth-order valence-corrected chi connectivity index (χ4v) is 1.83. The van der Waals surface area contributed by atoms with Crippen molar-refractivity contribution in [3.05, 3.63) is 24.0 Å². The Morgan fingerprint density at radius 2 is 2.22 bits per heavy atom. The number of hydrogen-bond acceptors (Lipinski definition) is 2. The Labute approximate surface area is 106 Å². The number of benzene rings is 1. The summed E-state index contributed by atoms with van der Waals surface area (Å²) in [6, 6.07) is 4.17. The first-order valence-electron chi connectivity index (χ1n) is 6.01. The minimum Gasteiger partial charge on any atom is -0.494 e. The van der Waals surface area contributed by atoms with Gasteiger partial charge < -0.3 is 15.4 Å². The SMILES string of the molecule is COc1ccc(NC(=O)NC(C)C2CC2)cc1F. The molecule has 1 aliphatic carbocycles. The highest BCUT2D eigenvalue weighted by Crippen LogP contribution is 2.32. The lowest BCUT2D eigenvalue weighted by atomic mass is 10.2. The molecule has 0 saturated heterocycles. The number of carbonyl (C=O) groups excluding carboxylic acids is 1. The predicted octanol–water partition coefficient (Wildman–Crippen LogP) is 2.75. The maximum atomic E-state index is 13.4. The summed E-state index contributed by atoms with van der Waals surface area (Å²) in [5, 5.41) is 5.44. The zero-order chi connectivity index (χ0) is 13.1. The van der Waals surface area contributed by atoms with Crippen LogP contribution >= 0.6 is 0 Å². The molecule has 1 aromatic carbocycles. The van der Waals surface area contributed by atoms with Crippen LogP contribution in [0.1, 0.15) is 19.8 Å². The molecule has 4 nitrogen and oxygen atoms in total. The Kier molecular flexibility index (Phi) is 3.69. The van der Waals surface area contributed by atoms with Gasteiger partial charge in [0.2, 0.25) is 0 Å². The van der Waals surface area contributed by atoms with Crippen LogP contribution in [-0.4, -0.2) is 19.2 Å². The molecule has 0 aliphatic heterocycles. The molecule has 1 aliphatic rings. The maximum absolute atomic E-state index is 13.4. The van der Waals surface area contributed by atoms with Crippen LogP contribution in [0.15, 0.2) is 18.2 Å². The highest BCUT2D eigenvalue weighted by Gasteiger charge is 2.28. The molecule has 1 aromatic rings. The number of hydrogen-bond donors (Lipinski definition) is 2. The smallest absolute Gasteiger partial charge is 0.319 e. The summed E-state index contributed by atoms with van der Waals surface area (Å²) in [6.07, 6.45) is 2.33. The highest BCUT2D eigenvalue weighted by atomic mass is 19.1. The largest absolute Gasteiger partial charge is 0.494 e. The Hall–Kier alpha value is -1.78. The third kappa shape index (κ3) is 3.12. The number of methoxy groups -OCH3 is 1. The molecular formula is C13H17FN2O2. The number of amides is 2. The number of rotatable bonds is 4. The van der Waals surface area contributed by atoms with Gasteiger partial charge in [0.05, 0.1) is 7.11 Å². The second kappa shape index (κ2) is 5.25. The number of halogens is 1. The second-order valence-corrected chi connectivity index (χ2v) is 4.57. The average molecular weight is 252 g/mol. The third-order valence-electron chi connectivity index (χ3n) is 3.10. The van der Waals surface area contributed by atoms with Crippen molar-refractivity contribution in [1.82, 2.24) is 5.32 Å². The van der Waals surface area contributed by atoms with Gasteiger partial charge in [0.15, 0.2) is 11.6 Å². The van der Waals surface area contributed by atoms with Crippen LogP contribution in [0, 0.1) is 11.7 Å². The molecular weight excluding hydrogens is 235 g/mol. The number of carbonyl (C=O) groups is 1. The molecule has 0 aromatic heterocycles. The fourth-order valence-electron chi connectivity index (χ4n) is 1.83. The summed E-state index contributed by atoms with van der Waals surface area (Å²) >= 11 is 0. The van der Waals surface area contributed by atoms with Gasteiger partial charge in [-0.25, -0.2) is 9.18 Å². The van der Waals surface area contributed by atoms with Gasteiger partial charge in [-0.2, -0.15) is 0 Å². The van der Waals surface area contributed by atoms with Crippen molar-refractivity contribution in [1.29, 1.82) is 0 Å². The van der Waals surface area contributed by atoms with Crippen LogP contribution in [0.25, 0.3) is 0 Å². The monoisotopic (exact) mass is 252 g/mol. The standard InChI is InChI=1S/C13H17FN2O2/c1-8(9-3-4-9)15-13(17)16-10-5-6-12(18-2)11(14)7-10/h5-9H,3-4H2,1-2H3,(H2,15,16,17). The summed E-state index contributed by atoms with van der Waals surface area (Å²) in [5.41, 5.74) is 0.411. The molecule has 5 heteroatoms. The van der Waals surface area contributed by atoms with Gasteiger partial charge in [0, 0.05) is 17.8 Å². The van der Waals surface area contributed by atoms with Gasteiger partial charge in [-0.05, 0) is 37.8 Å². The van der Waals surface area contributed by atoms with E-state index in [9.17, 15) is 9.18 Å². The zero-order valence-electron chi connectivity index (χ0n) is 10.5. The van der Waals surface area contributed by atoms with Crippen LogP contribution in [-0.2, 0) is 0 Å². The second-order valence-electron chi connectivity index (χ2n) is 4.57. The summed E-state index contributed by atoms with van der Waals surface area (Å²) in [7, 11) is 1.40. The fraction of sp³-hybridized carbons (Fsp3) is 0.462. The number of ether oxygens (including phenoxy) is 1. The lowest BCUT2D eigenvalue weighted by Crippen LogP contribution is -2.37. The van der Waals surface area contributed by atoms with Crippen molar-refractivity contribution in [2.45, 2.75) is 25.8 Å². The average Bonchev–Trinajstić information content (AvgIpc) is 3.12. The van der Waals surface area contributed by atoms with Gasteiger partial charge >= 0.3 is 6.03 Å². The van der Waals surface area contributed by atoms with E-state index in [2.05, 4.69) is 10.6 Å². The quantitative estimate of drug-likeness (QED) is 0.865. The molecule has 0 spiro atoms. The number of urea groups is 1. The number of nitrogens with one attached hydrogen (secondary N) is 2. The van der Waals surface area contributed by atoms with Crippen molar-refractivity contribution in [3.8, 4) is 5.75 Å². The summed E-state index contributed by atoms with van der Waals surface area (Å²) < 4.78 is 18.2. The normalized spacial score (nSPS) is 15.9. The van der Waals surface area contributed by atoms with Crippen LogP contribution in [0.5, 0.6) is 5.75 Å². The Bertz CT molecular complexity index is 447. The van der Waals surface area contributed by atoms with Crippen molar-refractivity contribution >= 4 is 11.7 Å². The minimum absolute atomic E-state index is 0.160. The Balaban J connectivity index is 1.91. The van der Waals surface area contributed by atoms with Crippen LogP contribution in [0.4, 0.5) is 14.9 Å². The van der Waals surface area contributed by atoms with E-state index in [-0.39, 0.29) is 17.8 Å². The first-order valence-corrected chi connectivity index (χ1v) is 6.01. The topological polar surface area (TPSA) is 50.4 Å². The van der Waals surface area contributed by atoms with Crippen molar-refractivity contribution < 1.29 is 13.9 Å². The van der Waals surface area contributed by atoms with Gasteiger partial charge in [0.25, 0.3) is 0 Å². The molecule has 1 atom stereocenters. The first kappa shape index (κ1) is 12.7. The Morgan fingerprint density at radius 1 is 1.50 bits per heavy atom. The summed E-state index contributed by atoms with van der Waals surface area (Å²) in [5.74, 6) is 0.251. The summed E-state index contributed by atoms with van der Waals surface area (Å²) in [6.45, 7) is 1.98. The Morgan fingerprint density at radius 3 is 2.78 bits per heavy atom. The van der Waals surface area contributed by atoms with E-state index in [4.69, 9.17) is 4.74 Å². The zero-order valence-corrected chi connectivity index (χ0v) is 10.5. The van der Waals surface area contributed by atoms with Crippen molar-refractivity contribution in [2.24, 2.45) is 5.92 Å². The van der Waals surface area contributed by atoms with E-state index < -0.39 is 5.82 Å². The minimum atomic E-state index is -0.495. The van der Waals surface area contributed by atoms with E-state index in [0.717, 1.165) is 0 Å². The molecule has 2 rings (SSSR count). The molecule has 2 amide bonds. The molecule has 0 radical (unpaired) electrons. The molecule has 1 fully saturated rings. The van der Waals surface area contributed by atoms with E-state index in [1.165, 1.54) is 32.1 Å². The third-order valence-corrected chi connectivity index (χ3v) is 3.10. The molecule has 0 bridgehead atoms. The number of anilines is 1. The molecule has 1 saturated carbocycles. The maximum Gasteiger partial charge on any atom is 0.319 e. The molecule has 0 heterocycles. The van der Waals surface area contributed by atoms with E-state index >= 15 is 0 Å². The molecule has 18 heavy (non-hydrogen) atoms. The molecule has 98 valence electrons. The van der Waals surface area contributed by atoms with Crippen molar-refractivity contribution in [3.63, 3.8) is 0 Å². The molecule has 1 unspecified atom stereocenters. The van der Waals surface area contributed by atoms with Crippen LogP contribution in [0.3, 0.4) is 0 Å². The van der Waals surface area contributed by atoms with E-state index in [1.807, 2.05) is 6.92 Å². The summed E-state index contributed by atoms with van der Waals surface area (Å²) in [4.78, 5) is 11.6. The van der Waals surface area contributed by atoms with Gasteiger partial charge in [-0.1, -0.05) is 0 Å². The highest BCUT2D eigenvalue weighted by molar-refractivity contribution is 5.89. The van der Waals surface area contributed by atoms with Crippen LogP contribution < -0.4 is 15.4 Å². The lowest BCUT2D eigenvalue weighted by Gasteiger charge is -2.14. The van der Waals surface area contributed by atoms with E-state index in [1.54, 1.807) is 6.07 Å². The van der Waals surface area contributed by atoms with Gasteiger partial charge in [-0.15, -0.1) is 0 Å². The lowest BCUT2D eigenvalue weighted by molar-refractivity contribution is 0.248. The van der Waals surface area contributed by atoms with Gasteiger partial charge in [-0.3, -0.25) is 0 Å². The van der Waals surface area contributed by atoms with Gasteiger partial charge in [0.1, 0.15) is 0 Å². The predicted molar refractivity (Wildman–Crippen MR) is 67.3 cm³/mol. The van der Waals surface area contributed by atoms with Crippen LogP contribution in [0.2, 0.25) is 0 Å². The van der Waals surface area contributed by atoms with Crippen molar-refractivity contribution in [2.75, 3.05) is 12.4 Å². The van der Waals surface area contributed by atoms with E-state index in [0.29, 0.717) is 11.6 Å². The molecule has 2 N–H and O–H groups in total. The first-order chi connectivity index (χ1) is 8.60.